The van der Waals surface area contributed by atoms with Gasteiger partial charge in [-0.15, -0.1) is 0 Å². The molecule has 10 heteroatoms. The summed E-state index contributed by atoms with van der Waals surface area (Å²) in [5.74, 6) is -0.824. The summed E-state index contributed by atoms with van der Waals surface area (Å²) in [7, 11) is 2.11. The molecule has 0 amide bonds. The summed E-state index contributed by atoms with van der Waals surface area (Å²) in [6, 6.07) is 3.85. The van der Waals surface area contributed by atoms with Gasteiger partial charge in [0.05, 0.1) is 0 Å². The molecule has 1 aromatic rings. The minimum absolute atomic E-state index is 0.0610. The molecule has 0 radical (unpaired) electrons. The maximum absolute atomic E-state index is 11.5. The Hall–Kier alpha value is -2.21. The molecule has 5 aliphatic rings. The molecule has 3 aliphatic heterocycles. The first-order valence-corrected chi connectivity index (χ1v) is 11.2. The van der Waals surface area contributed by atoms with Gasteiger partial charge in [-0.1, -0.05) is 18.2 Å². The van der Waals surface area contributed by atoms with E-state index in [1.807, 2.05) is 12.1 Å². The van der Waals surface area contributed by atoms with Crippen molar-refractivity contribution in [3.8, 4) is 11.5 Å². The number of benzene rings is 1. The number of likely N-dealkylation sites (N-methyl/N-ethyl adjacent to an activating group) is 1. The molecular weight excluding hydrogens is 434 g/mol. The van der Waals surface area contributed by atoms with E-state index in [1.54, 1.807) is 6.07 Å². The molecule has 10 nitrogen and oxygen atoms in total. The van der Waals surface area contributed by atoms with Crippen LogP contribution in [-0.2, 0) is 26.1 Å². The molecule has 1 aromatic carbocycles. The molecule has 5 unspecified atom stereocenters. The third kappa shape index (κ3) is 2.73. The van der Waals surface area contributed by atoms with Gasteiger partial charge in [0.15, 0.2) is 23.9 Å². The number of phenolic OH excluding ortho intramolecular Hbond substituents is 1. The SMILES string of the molecule is CN1CC[C@]23c4c5ccc(O)c4O[C@H]2[C@@H](OC2OC(C(=O)O)C(O)C(O)[C@@H]2O)C=CC3[C@H]1C5. The van der Waals surface area contributed by atoms with Crippen molar-refractivity contribution in [2.45, 2.75) is 67.2 Å². The Morgan fingerprint density at radius 3 is 2.73 bits per heavy atom. The Kier molecular flexibility index (Phi) is 4.62. The molecule has 2 fully saturated rings. The quantitative estimate of drug-likeness (QED) is 0.359. The number of aliphatic hydroxyl groups excluding tert-OH is 3. The van der Waals surface area contributed by atoms with Gasteiger partial charge in [-0.3, -0.25) is 0 Å². The Labute approximate surface area is 189 Å². The van der Waals surface area contributed by atoms with E-state index in [2.05, 4.69) is 18.0 Å². The number of hydrogen-bond donors (Lipinski definition) is 5. The van der Waals surface area contributed by atoms with Gasteiger partial charge in [0, 0.05) is 22.9 Å². The Balaban J connectivity index is 1.38. The molecule has 0 aromatic heterocycles. The summed E-state index contributed by atoms with van der Waals surface area (Å²) in [6.07, 6.45) is -4.16. The van der Waals surface area contributed by atoms with Crippen LogP contribution in [0.1, 0.15) is 17.5 Å². The Morgan fingerprint density at radius 1 is 1.18 bits per heavy atom. The van der Waals surface area contributed by atoms with Crippen molar-refractivity contribution in [1.29, 1.82) is 0 Å². The second-order valence-electron chi connectivity index (χ2n) is 9.78. The number of aliphatic carboxylic acids is 1. The monoisotopic (exact) mass is 461 g/mol. The minimum Gasteiger partial charge on any atom is -0.504 e. The largest absolute Gasteiger partial charge is 0.504 e. The highest BCUT2D eigenvalue weighted by atomic mass is 16.7. The number of carboxylic acid groups (broad SMARTS) is 1. The average Bonchev–Trinajstić information content (AvgIpc) is 3.14. The number of carboxylic acids is 1. The fourth-order valence-electron chi connectivity index (χ4n) is 6.66. The normalized spacial score (nSPS) is 45.4. The second kappa shape index (κ2) is 7.14. The molecule has 5 N–H and O–H groups in total. The van der Waals surface area contributed by atoms with Crippen molar-refractivity contribution >= 4 is 5.97 Å². The van der Waals surface area contributed by atoms with Gasteiger partial charge in [0.2, 0.25) is 0 Å². The minimum atomic E-state index is -1.79. The van der Waals surface area contributed by atoms with Crippen LogP contribution in [0.5, 0.6) is 11.5 Å². The lowest BCUT2D eigenvalue weighted by molar-refractivity contribution is -0.307. The number of nitrogens with zero attached hydrogens (tertiary/aromatic N) is 1. The number of rotatable bonds is 3. The average molecular weight is 461 g/mol. The molecule has 0 saturated carbocycles. The molecule has 3 heterocycles. The fraction of sp³-hybridized carbons (Fsp3) is 0.609. The van der Waals surface area contributed by atoms with Gasteiger partial charge in [-0.05, 0) is 38.1 Å². The van der Waals surface area contributed by atoms with E-state index in [4.69, 9.17) is 14.2 Å². The first-order chi connectivity index (χ1) is 15.7. The first-order valence-electron chi connectivity index (χ1n) is 11.2. The molecule has 33 heavy (non-hydrogen) atoms. The zero-order valence-electron chi connectivity index (χ0n) is 17.9. The Bertz CT molecular complexity index is 1030. The molecule has 10 atom stereocenters. The maximum atomic E-state index is 11.5. The van der Waals surface area contributed by atoms with Crippen LogP contribution >= 0.6 is 0 Å². The summed E-state index contributed by atoms with van der Waals surface area (Å²) < 4.78 is 17.7. The number of likely N-dealkylation sites (tertiary alicyclic amines) is 1. The van der Waals surface area contributed by atoms with Crippen molar-refractivity contribution < 1.29 is 44.5 Å². The van der Waals surface area contributed by atoms with Crippen LogP contribution in [0.4, 0.5) is 0 Å². The molecule has 2 bridgehead atoms. The molecule has 178 valence electrons. The highest BCUT2D eigenvalue weighted by molar-refractivity contribution is 5.73. The van der Waals surface area contributed by atoms with E-state index < -0.39 is 54.3 Å². The van der Waals surface area contributed by atoms with E-state index in [0.717, 1.165) is 30.5 Å². The van der Waals surface area contributed by atoms with Crippen LogP contribution in [-0.4, -0.2) is 98.9 Å². The van der Waals surface area contributed by atoms with Crippen LogP contribution < -0.4 is 4.74 Å². The number of phenols is 1. The fourth-order valence-corrected chi connectivity index (χ4v) is 6.66. The summed E-state index contributed by atoms with van der Waals surface area (Å²) in [5.41, 5.74) is 1.69. The summed E-state index contributed by atoms with van der Waals surface area (Å²) in [6.45, 7) is 0.838. The van der Waals surface area contributed by atoms with E-state index >= 15 is 0 Å². The van der Waals surface area contributed by atoms with Gasteiger partial charge < -0.3 is 44.6 Å². The number of hydrogen-bond acceptors (Lipinski definition) is 9. The van der Waals surface area contributed by atoms with Crippen molar-refractivity contribution in [3.63, 3.8) is 0 Å². The zero-order chi connectivity index (χ0) is 23.2. The standard InChI is InChI=1S/C23H27NO9/c1-24-7-6-23-10-3-5-13(31-22-17(28)15(26)16(27)19(33-22)21(29)30)20(23)32-18-12(25)4-2-9(14(18)23)8-11(10)24/h2-5,10-11,13,15-17,19-20,22,25-28H,6-8H2,1H3,(H,29,30)/t10?,11-,13+,15?,16?,17+,19?,20+,22?,23+/m1/s1. The predicted molar refractivity (Wildman–Crippen MR) is 111 cm³/mol. The summed E-state index contributed by atoms with van der Waals surface area (Å²) >= 11 is 0. The topological polar surface area (TPSA) is 149 Å². The molecule has 6 rings (SSSR count). The summed E-state index contributed by atoms with van der Waals surface area (Å²) in [5, 5.41) is 50.5. The van der Waals surface area contributed by atoms with Gasteiger partial charge in [-0.25, -0.2) is 4.79 Å². The van der Waals surface area contributed by atoms with Crippen LogP contribution in [0.3, 0.4) is 0 Å². The number of carbonyl (C=O) groups is 1. The van der Waals surface area contributed by atoms with E-state index in [0.29, 0.717) is 5.75 Å². The lowest BCUT2D eigenvalue weighted by atomic mass is 9.53. The number of aliphatic hydroxyl groups is 3. The van der Waals surface area contributed by atoms with Crippen LogP contribution in [0.25, 0.3) is 0 Å². The van der Waals surface area contributed by atoms with Gasteiger partial charge in [-0.2, -0.15) is 0 Å². The van der Waals surface area contributed by atoms with E-state index in [-0.39, 0.29) is 17.7 Å². The molecule has 2 saturated heterocycles. The van der Waals surface area contributed by atoms with Crippen LogP contribution in [0.2, 0.25) is 0 Å². The third-order valence-corrected chi connectivity index (χ3v) is 8.23. The van der Waals surface area contributed by atoms with Crippen LogP contribution in [0.15, 0.2) is 24.3 Å². The van der Waals surface area contributed by atoms with Gasteiger partial charge in [0.1, 0.15) is 30.5 Å². The molecular formula is C23H27NO9. The van der Waals surface area contributed by atoms with E-state index in [1.165, 1.54) is 0 Å². The van der Waals surface area contributed by atoms with Crippen molar-refractivity contribution in [2.24, 2.45) is 5.92 Å². The predicted octanol–water partition coefficient (Wildman–Crippen LogP) is -0.885. The smallest absolute Gasteiger partial charge is 0.335 e. The van der Waals surface area contributed by atoms with Gasteiger partial charge >= 0.3 is 5.97 Å². The van der Waals surface area contributed by atoms with Crippen molar-refractivity contribution in [2.75, 3.05) is 13.6 Å². The molecule has 2 aliphatic carbocycles. The van der Waals surface area contributed by atoms with Crippen molar-refractivity contribution in [3.05, 3.63) is 35.4 Å². The first kappa shape index (κ1) is 21.3. The number of aromatic hydroxyl groups is 1. The Morgan fingerprint density at radius 2 is 1.97 bits per heavy atom. The zero-order valence-corrected chi connectivity index (χ0v) is 17.9. The van der Waals surface area contributed by atoms with Gasteiger partial charge in [0.25, 0.3) is 0 Å². The van der Waals surface area contributed by atoms with Crippen molar-refractivity contribution in [1.82, 2.24) is 4.90 Å². The van der Waals surface area contributed by atoms with Crippen LogP contribution in [0, 0.1) is 5.92 Å². The number of piperidine rings is 1. The molecule has 1 spiro atoms. The second-order valence-corrected chi connectivity index (χ2v) is 9.78. The number of ether oxygens (including phenoxy) is 3. The highest BCUT2D eigenvalue weighted by Crippen LogP contribution is 2.62. The summed E-state index contributed by atoms with van der Waals surface area (Å²) in [4.78, 5) is 13.8. The third-order valence-electron chi connectivity index (χ3n) is 8.23. The highest BCUT2D eigenvalue weighted by Gasteiger charge is 2.65. The van der Waals surface area contributed by atoms with E-state index in [9.17, 15) is 30.3 Å². The maximum Gasteiger partial charge on any atom is 0.335 e. The lowest BCUT2D eigenvalue weighted by Gasteiger charge is -2.57. The lowest BCUT2D eigenvalue weighted by Crippen LogP contribution is -2.66.